The number of benzene rings is 2. The zero-order valence-corrected chi connectivity index (χ0v) is 21.2. The average molecular weight is 548 g/mol. The first-order valence-corrected chi connectivity index (χ1v) is 12.9. The fourth-order valence-corrected chi connectivity index (χ4v) is 4.80. The molecule has 0 radical (unpaired) electrons. The quantitative estimate of drug-likeness (QED) is 0.387. The Hall–Kier alpha value is -2.86. The molecule has 0 spiro atoms. The Balaban J connectivity index is 1.59. The van der Waals surface area contributed by atoms with Crippen molar-refractivity contribution in [1.29, 1.82) is 0 Å². The molecule has 11 heteroatoms. The second kappa shape index (κ2) is 10.6. The second-order valence-electron chi connectivity index (χ2n) is 7.49. The summed E-state index contributed by atoms with van der Waals surface area (Å²) in [6, 6.07) is 14.5. The molecule has 1 aliphatic rings. The minimum atomic E-state index is -3.63. The highest BCUT2D eigenvalue weighted by Crippen LogP contribution is 2.35. The zero-order chi connectivity index (χ0) is 24.1. The molecule has 0 amide bonds. The monoisotopic (exact) mass is 547 g/mol. The average Bonchev–Trinajstić information content (AvgIpc) is 2.87. The predicted octanol–water partition coefficient (Wildman–Crippen LogP) is 4.08. The molecule has 1 aliphatic heterocycles. The van der Waals surface area contributed by atoms with Crippen molar-refractivity contribution in [2.75, 3.05) is 56.0 Å². The van der Waals surface area contributed by atoms with Gasteiger partial charge in [-0.15, -0.1) is 0 Å². The number of hydrogen-bond acceptors (Lipinski definition) is 8. The highest BCUT2D eigenvalue weighted by Gasteiger charge is 2.18. The molecular weight excluding hydrogens is 522 g/mol. The van der Waals surface area contributed by atoms with E-state index in [2.05, 4.69) is 41.2 Å². The number of nitrogens with zero attached hydrogens (tertiary/aromatic N) is 2. The van der Waals surface area contributed by atoms with E-state index >= 15 is 0 Å². The van der Waals surface area contributed by atoms with Gasteiger partial charge in [0.1, 0.15) is 16.5 Å². The highest BCUT2D eigenvalue weighted by atomic mass is 79.9. The van der Waals surface area contributed by atoms with Gasteiger partial charge in [0.05, 0.1) is 41.9 Å². The number of sulfonamides is 1. The summed E-state index contributed by atoms with van der Waals surface area (Å²) < 4.78 is 38.9. The first-order valence-electron chi connectivity index (χ1n) is 10.6. The number of halogens is 1. The Bertz CT molecular complexity index is 1270. The Labute approximate surface area is 207 Å². The third-order valence-corrected chi connectivity index (χ3v) is 7.50. The maximum Gasteiger partial charge on any atom is 0.242 e. The third kappa shape index (κ3) is 5.44. The summed E-state index contributed by atoms with van der Waals surface area (Å²) in [6.07, 6.45) is 1.65. The molecule has 1 fully saturated rings. The number of ether oxygens (including phenoxy) is 2. The number of nitrogens with one attached hydrogen (secondary N) is 3. The summed E-state index contributed by atoms with van der Waals surface area (Å²) >= 11 is 3.49. The maximum atomic E-state index is 12.4. The van der Waals surface area contributed by atoms with E-state index in [1.54, 1.807) is 43.6 Å². The maximum absolute atomic E-state index is 12.4. The first kappa shape index (κ1) is 24.3. The lowest BCUT2D eigenvalue weighted by Crippen LogP contribution is -2.36. The summed E-state index contributed by atoms with van der Waals surface area (Å²) in [5.41, 5.74) is 2.93. The van der Waals surface area contributed by atoms with Crippen molar-refractivity contribution in [3.05, 3.63) is 59.2 Å². The zero-order valence-electron chi connectivity index (χ0n) is 18.8. The van der Waals surface area contributed by atoms with Crippen molar-refractivity contribution >= 4 is 54.5 Å². The van der Waals surface area contributed by atoms with Crippen LogP contribution < -0.4 is 25.0 Å². The Morgan fingerprint density at radius 3 is 2.53 bits per heavy atom. The van der Waals surface area contributed by atoms with Crippen LogP contribution in [-0.2, 0) is 14.8 Å². The van der Waals surface area contributed by atoms with Gasteiger partial charge in [-0.1, -0.05) is 12.1 Å². The van der Waals surface area contributed by atoms with E-state index in [4.69, 9.17) is 9.47 Å². The van der Waals surface area contributed by atoms with Crippen molar-refractivity contribution in [3.8, 4) is 5.75 Å². The smallest absolute Gasteiger partial charge is 0.242 e. The van der Waals surface area contributed by atoms with E-state index in [0.29, 0.717) is 40.6 Å². The molecule has 2 heterocycles. The molecular formula is C23H26BrN5O4S. The molecule has 34 heavy (non-hydrogen) atoms. The molecule has 0 saturated carbocycles. The molecule has 0 bridgehead atoms. The van der Waals surface area contributed by atoms with Crippen LogP contribution >= 0.6 is 15.9 Å². The van der Waals surface area contributed by atoms with Crippen LogP contribution in [0.4, 0.5) is 28.6 Å². The van der Waals surface area contributed by atoms with Crippen LogP contribution in [0.2, 0.25) is 0 Å². The number of pyridine rings is 1. The van der Waals surface area contributed by atoms with Crippen molar-refractivity contribution < 1.29 is 17.9 Å². The number of morpholine rings is 1. The summed E-state index contributed by atoms with van der Waals surface area (Å²) in [5, 5.41) is 6.48. The number of aromatic nitrogens is 1. The summed E-state index contributed by atoms with van der Waals surface area (Å²) in [4.78, 5) is 6.85. The van der Waals surface area contributed by atoms with Crippen LogP contribution in [-0.4, -0.2) is 53.9 Å². The Morgan fingerprint density at radius 2 is 1.79 bits per heavy atom. The van der Waals surface area contributed by atoms with Crippen LogP contribution in [0.25, 0.3) is 0 Å². The van der Waals surface area contributed by atoms with Crippen LogP contribution in [0.15, 0.2) is 64.1 Å². The molecule has 3 N–H and O–H groups in total. The van der Waals surface area contributed by atoms with E-state index in [9.17, 15) is 8.42 Å². The van der Waals surface area contributed by atoms with Gasteiger partial charge in [-0.2, -0.15) is 0 Å². The minimum absolute atomic E-state index is 0.149. The molecule has 1 aromatic heterocycles. The van der Waals surface area contributed by atoms with Crippen molar-refractivity contribution in [1.82, 2.24) is 9.71 Å². The lowest BCUT2D eigenvalue weighted by Gasteiger charge is -2.29. The SMILES string of the molecule is CNS(=O)(=O)c1ccccc1Nc1cc(Nc2ccc(N3CCOCC3)cc2OC)ncc1Br. The highest BCUT2D eigenvalue weighted by molar-refractivity contribution is 9.10. The fraction of sp³-hybridized carbons (Fsp3) is 0.261. The molecule has 0 unspecified atom stereocenters. The van der Waals surface area contributed by atoms with Gasteiger partial charge in [0.25, 0.3) is 0 Å². The lowest BCUT2D eigenvalue weighted by atomic mass is 10.2. The van der Waals surface area contributed by atoms with Crippen LogP contribution in [0.5, 0.6) is 5.75 Å². The van der Waals surface area contributed by atoms with E-state index in [1.807, 2.05) is 18.2 Å². The van der Waals surface area contributed by atoms with Crippen molar-refractivity contribution in [3.63, 3.8) is 0 Å². The number of hydrogen-bond donors (Lipinski definition) is 3. The molecule has 0 atom stereocenters. The molecule has 9 nitrogen and oxygen atoms in total. The molecule has 0 aliphatic carbocycles. The van der Waals surface area contributed by atoms with Crippen molar-refractivity contribution in [2.45, 2.75) is 4.90 Å². The van der Waals surface area contributed by atoms with E-state index in [0.717, 1.165) is 24.5 Å². The number of anilines is 5. The summed E-state index contributed by atoms with van der Waals surface area (Å²) in [5.74, 6) is 1.26. The Kier molecular flexibility index (Phi) is 7.57. The van der Waals surface area contributed by atoms with Gasteiger partial charge >= 0.3 is 0 Å². The minimum Gasteiger partial charge on any atom is -0.494 e. The van der Waals surface area contributed by atoms with Crippen LogP contribution in [0, 0.1) is 0 Å². The largest absolute Gasteiger partial charge is 0.494 e. The third-order valence-electron chi connectivity index (χ3n) is 5.39. The van der Waals surface area contributed by atoms with Gasteiger partial charge < -0.3 is 25.0 Å². The van der Waals surface area contributed by atoms with E-state index in [-0.39, 0.29) is 4.90 Å². The van der Waals surface area contributed by atoms with Gasteiger partial charge in [-0.05, 0) is 47.2 Å². The van der Waals surface area contributed by atoms with E-state index < -0.39 is 10.0 Å². The molecule has 1 saturated heterocycles. The van der Waals surface area contributed by atoms with Gasteiger partial charge in [-0.3, -0.25) is 0 Å². The summed E-state index contributed by atoms with van der Waals surface area (Å²) in [6.45, 7) is 3.09. The molecule has 3 aromatic rings. The van der Waals surface area contributed by atoms with Gasteiger partial charge in [0, 0.05) is 37.1 Å². The van der Waals surface area contributed by atoms with Crippen molar-refractivity contribution in [2.24, 2.45) is 0 Å². The summed E-state index contributed by atoms with van der Waals surface area (Å²) in [7, 11) is -0.618. The lowest BCUT2D eigenvalue weighted by molar-refractivity contribution is 0.122. The van der Waals surface area contributed by atoms with Crippen LogP contribution in [0.3, 0.4) is 0 Å². The number of para-hydroxylation sites is 1. The topological polar surface area (TPSA) is 105 Å². The fourth-order valence-electron chi connectivity index (χ4n) is 3.60. The van der Waals surface area contributed by atoms with Gasteiger partial charge in [0.2, 0.25) is 10.0 Å². The van der Waals surface area contributed by atoms with E-state index in [1.165, 1.54) is 7.05 Å². The predicted molar refractivity (Wildman–Crippen MR) is 137 cm³/mol. The number of methoxy groups -OCH3 is 1. The standard InChI is InChI=1S/C23H26BrN5O4S/c1-25-34(30,31)22-6-4-3-5-19(22)27-20-14-23(26-15-17(20)24)28-18-8-7-16(13-21(18)32-2)29-9-11-33-12-10-29/h3-8,13-15,25H,9-12H2,1-2H3,(H2,26,27,28). The first-order chi connectivity index (χ1) is 16.4. The molecule has 2 aromatic carbocycles. The number of rotatable bonds is 8. The second-order valence-corrected chi connectivity index (χ2v) is 10.2. The van der Waals surface area contributed by atoms with Gasteiger partial charge in [-0.25, -0.2) is 18.1 Å². The van der Waals surface area contributed by atoms with Gasteiger partial charge in [0.15, 0.2) is 0 Å². The Morgan fingerprint density at radius 1 is 1.03 bits per heavy atom. The molecule has 180 valence electrons. The normalized spacial score (nSPS) is 14.0. The van der Waals surface area contributed by atoms with Crippen LogP contribution in [0.1, 0.15) is 0 Å². The molecule has 4 rings (SSSR count).